The molecule has 23 heavy (non-hydrogen) atoms. The number of hydrogen-bond donors (Lipinski definition) is 3. The van der Waals surface area contributed by atoms with E-state index in [0.717, 1.165) is 25.1 Å². The normalized spacial score (nSPS) is 16.5. The minimum Gasteiger partial charge on any atom is -0.352 e. The van der Waals surface area contributed by atoms with Crippen LogP contribution in [0, 0.1) is 5.92 Å². The molecule has 0 bridgehead atoms. The molecule has 2 amide bonds. The highest BCUT2D eigenvalue weighted by Gasteiger charge is 2.15. The number of hydrogen-bond acceptors (Lipinski definition) is 3. The van der Waals surface area contributed by atoms with Crippen LogP contribution in [0.15, 0.2) is 24.3 Å². The number of benzene rings is 1. The van der Waals surface area contributed by atoms with Crippen molar-refractivity contribution in [3.63, 3.8) is 0 Å². The van der Waals surface area contributed by atoms with Crippen molar-refractivity contribution in [2.45, 2.75) is 32.7 Å². The summed E-state index contributed by atoms with van der Waals surface area (Å²) in [7, 11) is 0. The molecule has 1 aliphatic rings. The Morgan fingerprint density at radius 2 is 1.96 bits per heavy atom. The van der Waals surface area contributed by atoms with Crippen LogP contribution >= 0.6 is 12.4 Å². The van der Waals surface area contributed by atoms with Crippen LogP contribution in [-0.4, -0.2) is 31.4 Å². The van der Waals surface area contributed by atoms with Crippen LogP contribution in [0.25, 0.3) is 0 Å². The molecule has 0 aromatic heterocycles. The van der Waals surface area contributed by atoms with E-state index in [-0.39, 0.29) is 24.2 Å². The van der Waals surface area contributed by atoms with Crippen molar-refractivity contribution in [1.29, 1.82) is 0 Å². The number of halogens is 1. The molecule has 128 valence electrons. The largest absolute Gasteiger partial charge is 0.352 e. The van der Waals surface area contributed by atoms with Crippen molar-refractivity contribution >= 4 is 24.2 Å². The zero-order valence-electron chi connectivity index (χ0n) is 13.6. The summed E-state index contributed by atoms with van der Waals surface area (Å²) in [5.74, 6) is 0.671. The van der Waals surface area contributed by atoms with Gasteiger partial charge in [0.25, 0.3) is 5.91 Å². The van der Waals surface area contributed by atoms with Gasteiger partial charge in [0.15, 0.2) is 0 Å². The van der Waals surface area contributed by atoms with E-state index >= 15 is 0 Å². The molecule has 6 heteroatoms. The standard InChI is InChI=1S/C17H25N3O2.ClH/c1-2-19-17(22)15-6-3-13(4-7-15)12-20-16(21)8-5-14-9-10-18-11-14;/h3-4,6-7,14,18H,2,5,8-12H2,1H3,(H,19,22)(H,20,21);1H. The SMILES string of the molecule is CCNC(=O)c1ccc(CNC(=O)CCC2CCNC2)cc1.Cl. The van der Waals surface area contributed by atoms with Gasteiger partial charge in [0.05, 0.1) is 0 Å². The molecule has 1 heterocycles. The molecule has 2 rings (SSSR count). The predicted molar refractivity (Wildman–Crippen MR) is 93.8 cm³/mol. The minimum absolute atomic E-state index is 0. The van der Waals surface area contributed by atoms with Gasteiger partial charge in [-0.25, -0.2) is 0 Å². The van der Waals surface area contributed by atoms with Crippen molar-refractivity contribution in [3.8, 4) is 0 Å². The molecule has 1 atom stereocenters. The van der Waals surface area contributed by atoms with Crippen molar-refractivity contribution in [2.24, 2.45) is 5.92 Å². The molecular weight excluding hydrogens is 314 g/mol. The lowest BCUT2D eigenvalue weighted by Gasteiger charge is -2.09. The van der Waals surface area contributed by atoms with E-state index in [9.17, 15) is 9.59 Å². The Morgan fingerprint density at radius 1 is 1.22 bits per heavy atom. The molecule has 1 fully saturated rings. The summed E-state index contributed by atoms with van der Waals surface area (Å²) >= 11 is 0. The first kappa shape index (κ1) is 19.5. The van der Waals surface area contributed by atoms with Gasteiger partial charge in [0, 0.05) is 25.1 Å². The van der Waals surface area contributed by atoms with Crippen molar-refractivity contribution in [1.82, 2.24) is 16.0 Å². The molecule has 1 aromatic carbocycles. The van der Waals surface area contributed by atoms with Gasteiger partial charge in [-0.05, 0) is 56.5 Å². The molecule has 0 spiro atoms. The van der Waals surface area contributed by atoms with E-state index in [1.165, 1.54) is 6.42 Å². The van der Waals surface area contributed by atoms with Crippen molar-refractivity contribution < 1.29 is 9.59 Å². The van der Waals surface area contributed by atoms with Crippen LogP contribution in [0.3, 0.4) is 0 Å². The maximum absolute atomic E-state index is 11.8. The summed E-state index contributed by atoms with van der Waals surface area (Å²) in [6.45, 7) is 5.13. The number of carbonyl (C=O) groups excluding carboxylic acids is 2. The fraction of sp³-hybridized carbons (Fsp3) is 0.529. The smallest absolute Gasteiger partial charge is 0.251 e. The molecule has 1 aliphatic heterocycles. The Balaban J connectivity index is 0.00000264. The highest BCUT2D eigenvalue weighted by atomic mass is 35.5. The maximum Gasteiger partial charge on any atom is 0.251 e. The second-order valence-electron chi connectivity index (χ2n) is 5.73. The van der Waals surface area contributed by atoms with Gasteiger partial charge in [-0.2, -0.15) is 0 Å². The van der Waals surface area contributed by atoms with E-state index in [4.69, 9.17) is 0 Å². The molecular formula is C17H26ClN3O2. The minimum atomic E-state index is -0.0664. The lowest BCUT2D eigenvalue weighted by Crippen LogP contribution is -2.24. The molecule has 0 saturated carbocycles. The molecule has 1 unspecified atom stereocenters. The summed E-state index contributed by atoms with van der Waals surface area (Å²) in [6, 6.07) is 7.34. The average Bonchev–Trinajstić information content (AvgIpc) is 3.05. The number of amides is 2. The van der Waals surface area contributed by atoms with Gasteiger partial charge < -0.3 is 16.0 Å². The lowest BCUT2D eigenvalue weighted by molar-refractivity contribution is -0.121. The van der Waals surface area contributed by atoms with Crippen LogP contribution in [-0.2, 0) is 11.3 Å². The van der Waals surface area contributed by atoms with Crippen LogP contribution in [0.2, 0.25) is 0 Å². The third-order valence-corrected chi connectivity index (χ3v) is 3.99. The van der Waals surface area contributed by atoms with Crippen molar-refractivity contribution in [3.05, 3.63) is 35.4 Å². The highest BCUT2D eigenvalue weighted by molar-refractivity contribution is 5.94. The first-order valence-electron chi connectivity index (χ1n) is 8.03. The van der Waals surface area contributed by atoms with Gasteiger partial charge in [0.1, 0.15) is 0 Å². The predicted octanol–water partition coefficient (Wildman–Crippen LogP) is 1.86. The summed E-state index contributed by atoms with van der Waals surface area (Å²) in [5, 5.41) is 9.01. The lowest BCUT2D eigenvalue weighted by atomic mass is 10.0. The van der Waals surface area contributed by atoms with E-state index < -0.39 is 0 Å². The second-order valence-corrected chi connectivity index (χ2v) is 5.73. The number of carbonyl (C=O) groups is 2. The second kappa shape index (κ2) is 10.2. The van der Waals surface area contributed by atoms with Gasteiger partial charge in [-0.3, -0.25) is 9.59 Å². The maximum atomic E-state index is 11.8. The van der Waals surface area contributed by atoms with Gasteiger partial charge >= 0.3 is 0 Å². The summed E-state index contributed by atoms with van der Waals surface area (Å²) < 4.78 is 0. The quantitative estimate of drug-likeness (QED) is 0.710. The topological polar surface area (TPSA) is 70.2 Å². The van der Waals surface area contributed by atoms with Crippen LogP contribution in [0.5, 0.6) is 0 Å². The van der Waals surface area contributed by atoms with Crippen LogP contribution in [0.1, 0.15) is 42.1 Å². The Bertz CT molecular complexity index is 499. The third kappa shape index (κ3) is 6.59. The van der Waals surface area contributed by atoms with Crippen molar-refractivity contribution in [2.75, 3.05) is 19.6 Å². The zero-order chi connectivity index (χ0) is 15.8. The van der Waals surface area contributed by atoms with Gasteiger partial charge in [0.2, 0.25) is 5.91 Å². The molecule has 1 aromatic rings. The monoisotopic (exact) mass is 339 g/mol. The summed E-state index contributed by atoms with van der Waals surface area (Å²) in [5.41, 5.74) is 1.65. The van der Waals surface area contributed by atoms with Crippen LogP contribution < -0.4 is 16.0 Å². The number of nitrogens with one attached hydrogen (secondary N) is 3. The van der Waals surface area contributed by atoms with E-state index in [0.29, 0.717) is 31.0 Å². The van der Waals surface area contributed by atoms with Crippen LogP contribution in [0.4, 0.5) is 0 Å². The molecule has 0 aliphatic carbocycles. The molecule has 0 radical (unpaired) electrons. The molecule has 3 N–H and O–H groups in total. The summed E-state index contributed by atoms with van der Waals surface area (Å²) in [4.78, 5) is 23.5. The Kier molecular flexibility index (Phi) is 8.66. The third-order valence-electron chi connectivity index (χ3n) is 3.99. The fourth-order valence-electron chi connectivity index (χ4n) is 2.62. The summed E-state index contributed by atoms with van der Waals surface area (Å²) in [6.07, 6.45) is 2.72. The number of rotatable bonds is 7. The highest BCUT2D eigenvalue weighted by Crippen LogP contribution is 2.14. The first-order valence-corrected chi connectivity index (χ1v) is 8.03. The average molecular weight is 340 g/mol. The van der Waals surface area contributed by atoms with Gasteiger partial charge in [-0.1, -0.05) is 12.1 Å². The Morgan fingerprint density at radius 3 is 2.57 bits per heavy atom. The Hall–Kier alpha value is -1.59. The molecule has 1 saturated heterocycles. The Labute approximate surface area is 144 Å². The van der Waals surface area contributed by atoms with Gasteiger partial charge in [-0.15, -0.1) is 12.4 Å². The first-order chi connectivity index (χ1) is 10.7. The van der Waals surface area contributed by atoms with E-state index in [1.54, 1.807) is 12.1 Å². The van der Waals surface area contributed by atoms with E-state index in [2.05, 4.69) is 16.0 Å². The fourth-order valence-corrected chi connectivity index (χ4v) is 2.62. The molecule has 5 nitrogen and oxygen atoms in total. The zero-order valence-corrected chi connectivity index (χ0v) is 14.4. The van der Waals surface area contributed by atoms with E-state index in [1.807, 2.05) is 19.1 Å².